The number of alkyl halides is 8. The minimum Gasteiger partial charge on any atom is -0.373 e. The number of halogens is 8. The van der Waals surface area contributed by atoms with Crippen LogP contribution in [-0.2, 0) is 21.9 Å². The van der Waals surface area contributed by atoms with Crippen molar-refractivity contribution in [1.29, 1.82) is 0 Å². The lowest BCUT2D eigenvalue weighted by atomic mass is 9.94. The molecule has 0 fully saturated rings. The quantitative estimate of drug-likeness (QED) is 0.288. The van der Waals surface area contributed by atoms with Gasteiger partial charge in [-0.1, -0.05) is 53.5 Å². The first-order valence-corrected chi connectivity index (χ1v) is 9.93. The van der Waals surface area contributed by atoms with Crippen LogP contribution >= 0.6 is 23.2 Å². The third-order valence-electron chi connectivity index (χ3n) is 4.59. The molecule has 0 bridgehead atoms. The van der Waals surface area contributed by atoms with Crippen LogP contribution < -0.4 is 0 Å². The maximum atomic E-state index is 13.1. The van der Waals surface area contributed by atoms with E-state index in [0.717, 1.165) is 0 Å². The molecule has 2 aromatic rings. The lowest BCUT2D eigenvalue weighted by Gasteiger charge is -2.22. The van der Waals surface area contributed by atoms with Crippen LogP contribution in [0.2, 0.25) is 0 Å². The van der Waals surface area contributed by atoms with Crippen molar-refractivity contribution in [2.24, 2.45) is 0 Å². The summed E-state index contributed by atoms with van der Waals surface area (Å²) in [5.41, 5.74) is -2.44. The second-order valence-electron chi connectivity index (χ2n) is 6.89. The Morgan fingerprint density at radius 3 is 1.87 bits per heavy atom. The zero-order chi connectivity index (χ0) is 23.4. The van der Waals surface area contributed by atoms with Crippen molar-refractivity contribution in [2.45, 2.75) is 42.6 Å². The number of Topliss-reactive ketones (excluding diaryl/α,β-unsaturated/α-hetero) is 1. The Morgan fingerprint density at radius 2 is 1.42 bits per heavy atom. The minimum atomic E-state index is -4.95. The van der Waals surface area contributed by atoms with E-state index in [1.165, 1.54) is 6.92 Å². The molecule has 0 aliphatic rings. The Bertz CT molecular complexity index is 849. The fraction of sp³-hybridized carbons (Fsp3) is 0.381. The van der Waals surface area contributed by atoms with Crippen LogP contribution in [0.1, 0.15) is 47.6 Å². The summed E-state index contributed by atoms with van der Waals surface area (Å²) in [6, 6.07) is 9.92. The van der Waals surface area contributed by atoms with Gasteiger partial charge in [-0.25, -0.2) is 0 Å². The summed E-state index contributed by atoms with van der Waals surface area (Å²) >= 11 is 11.2. The molecular weight excluding hydrogens is 469 g/mol. The summed E-state index contributed by atoms with van der Waals surface area (Å²) in [5.74, 6) is -1.02. The molecule has 2 aromatic carbocycles. The van der Waals surface area contributed by atoms with E-state index in [-0.39, 0.29) is 24.7 Å². The number of hydrogen-bond donors (Lipinski definition) is 0. The summed E-state index contributed by atoms with van der Waals surface area (Å²) in [6.07, 6.45) is -11.1. The number of ketones is 1. The molecule has 2 nitrogen and oxygen atoms in total. The number of rotatable bonds is 8. The van der Waals surface area contributed by atoms with Gasteiger partial charge in [-0.15, -0.1) is 0 Å². The van der Waals surface area contributed by atoms with Gasteiger partial charge in [-0.2, -0.15) is 26.3 Å². The highest BCUT2D eigenvalue weighted by Crippen LogP contribution is 2.38. The van der Waals surface area contributed by atoms with Gasteiger partial charge in [-0.05, 0) is 36.2 Å². The zero-order valence-corrected chi connectivity index (χ0v) is 17.6. The van der Waals surface area contributed by atoms with Gasteiger partial charge in [0.15, 0.2) is 10.6 Å². The average Bonchev–Trinajstić information content (AvgIpc) is 2.69. The van der Waals surface area contributed by atoms with Crippen LogP contribution in [0.15, 0.2) is 48.5 Å². The van der Waals surface area contributed by atoms with Gasteiger partial charge >= 0.3 is 12.4 Å². The van der Waals surface area contributed by atoms with Gasteiger partial charge in [0.05, 0.1) is 23.8 Å². The van der Waals surface area contributed by atoms with Gasteiger partial charge in [-0.3, -0.25) is 4.79 Å². The predicted octanol–water partition coefficient (Wildman–Crippen LogP) is 7.35. The molecule has 0 spiro atoms. The lowest BCUT2D eigenvalue weighted by molar-refractivity contribution is -0.143. The van der Waals surface area contributed by atoms with Crippen LogP contribution in [0.5, 0.6) is 0 Å². The highest BCUT2D eigenvalue weighted by molar-refractivity contribution is 6.53. The van der Waals surface area contributed by atoms with E-state index in [9.17, 15) is 31.1 Å². The second-order valence-corrected chi connectivity index (χ2v) is 7.99. The summed E-state index contributed by atoms with van der Waals surface area (Å²) in [5, 5.41) is 0. The molecule has 2 atom stereocenters. The van der Waals surface area contributed by atoms with E-state index in [4.69, 9.17) is 27.9 Å². The van der Waals surface area contributed by atoms with Crippen LogP contribution in [0.3, 0.4) is 0 Å². The minimum absolute atomic E-state index is 0.0583. The van der Waals surface area contributed by atoms with E-state index in [1.54, 1.807) is 30.3 Å². The fourth-order valence-electron chi connectivity index (χ4n) is 2.90. The van der Waals surface area contributed by atoms with Crippen LogP contribution in [-0.4, -0.2) is 17.2 Å². The van der Waals surface area contributed by atoms with E-state index in [2.05, 4.69) is 0 Å². The van der Waals surface area contributed by atoms with Crippen molar-refractivity contribution in [3.05, 3.63) is 70.8 Å². The molecule has 0 saturated heterocycles. The predicted molar refractivity (Wildman–Crippen MR) is 105 cm³/mol. The molecule has 0 radical (unpaired) electrons. The molecule has 0 saturated carbocycles. The van der Waals surface area contributed by atoms with E-state index >= 15 is 0 Å². The molecule has 0 unspecified atom stereocenters. The van der Waals surface area contributed by atoms with Crippen LogP contribution in [0.4, 0.5) is 26.3 Å². The monoisotopic (exact) mass is 486 g/mol. The maximum Gasteiger partial charge on any atom is 0.416 e. The average molecular weight is 487 g/mol. The first kappa shape index (κ1) is 25.5. The number of ether oxygens (including phenoxy) is 1. The molecule has 0 amide bonds. The second kappa shape index (κ2) is 10.2. The van der Waals surface area contributed by atoms with Crippen molar-refractivity contribution >= 4 is 29.0 Å². The third kappa shape index (κ3) is 7.40. The molecule has 0 aliphatic carbocycles. The SMILES string of the molecule is C[C@@H](OC[C@H](CC(=O)C(Cl)Cl)c1ccccc1)c1cc(C(F)(F)F)cc(C(F)(F)F)c1. The first-order chi connectivity index (χ1) is 14.3. The van der Waals surface area contributed by atoms with E-state index in [0.29, 0.717) is 17.7 Å². The molecule has 0 aliphatic heterocycles. The summed E-state index contributed by atoms with van der Waals surface area (Å²) < 4.78 is 84.1. The van der Waals surface area contributed by atoms with Gasteiger partial charge < -0.3 is 4.74 Å². The van der Waals surface area contributed by atoms with Gasteiger partial charge in [0.1, 0.15) is 0 Å². The Balaban J connectivity index is 2.27. The van der Waals surface area contributed by atoms with Crippen molar-refractivity contribution in [3.8, 4) is 0 Å². The molecule has 0 heterocycles. The van der Waals surface area contributed by atoms with Crippen molar-refractivity contribution in [2.75, 3.05) is 6.61 Å². The van der Waals surface area contributed by atoms with E-state index in [1.807, 2.05) is 0 Å². The van der Waals surface area contributed by atoms with Gasteiger partial charge in [0.25, 0.3) is 0 Å². The molecule has 10 heteroatoms. The summed E-state index contributed by atoms with van der Waals surface area (Å²) in [4.78, 5) is 10.7. The van der Waals surface area contributed by atoms with Crippen molar-refractivity contribution in [1.82, 2.24) is 0 Å². The molecule has 170 valence electrons. The maximum absolute atomic E-state index is 13.1. The Kier molecular flexibility index (Phi) is 8.41. The first-order valence-electron chi connectivity index (χ1n) is 9.05. The Labute approximate surface area is 185 Å². The Morgan fingerprint density at radius 1 is 0.903 bits per heavy atom. The topological polar surface area (TPSA) is 26.3 Å². The Hall–Kier alpha value is -1.77. The highest BCUT2D eigenvalue weighted by atomic mass is 35.5. The van der Waals surface area contributed by atoms with Gasteiger partial charge in [0, 0.05) is 12.3 Å². The molecule has 0 N–H and O–H groups in total. The number of carbonyl (C=O) groups excluding carboxylic acids is 1. The zero-order valence-electron chi connectivity index (χ0n) is 16.1. The summed E-state index contributed by atoms with van der Waals surface area (Å²) in [7, 11) is 0. The molecule has 0 aromatic heterocycles. The largest absolute Gasteiger partial charge is 0.416 e. The number of hydrogen-bond acceptors (Lipinski definition) is 2. The third-order valence-corrected chi connectivity index (χ3v) is 5.08. The normalized spacial score (nSPS) is 14.5. The smallest absolute Gasteiger partial charge is 0.373 e. The highest BCUT2D eigenvalue weighted by Gasteiger charge is 2.37. The molecule has 2 rings (SSSR count). The lowest BCUT2D eigenvalue weighted by Crippen LogP contribution is -2.18. The summed E-state index contributed by atoms with van der Waals surface area (Å²) in [6.45, 7) is 1.19. The van der Waals surface area contributed by atoms with E-state index < -0.39 is 46.1 Å². The van der Waals surface area contributed by atoms with Crippen molar-refractivity contribution < 1.29 is 35.9 Å². The van der Waals surface area contributed by atoms with Crippen LogP contribution in [0.25, 0.3) is 0 Å². The van der Waals surface area contributed by atoms with Gasteiger partial charge in [0.2, 0.25) is 0 Å². The molecular formula is C21H18Cl2F6O2. The standard InChI is InChI=1S/C21H18Cl2F6O2/c1-12(14-7-16(20(24,25)26)10-17(8-14)21(27,28)29)31-11-15(9-18(30)19(22)23)13-5-3-2-4-6-13/h2-8,10,12,15,19H,9,11H2,1H3/t12-,15+/m1/s1. The number of carbonyl (C=O) groups is 1. The molecule has 31 heavy (non-hydrogen) atoms. The fourth-order valence-corrected chi connectivity index (χ4v) is 3.08. The van der Waals surface area contributed by atoms with Crippen molar-refractivity contribution in [3.63, 3.8) is 0 Å². The number of benzene rings is 2. The van der Waals surface area contributed by atoms with Crippen LogP contribution in [0, 0.1) is 0 Å².